The first-order valence-electron chi connectivity index (χ1n) is 11.1. The predicted octanol–water partition coefficient (Wildman–Crippen LogP) is 5.11. The summed E-state index contributed by atoms with van der Waals surface area (Å²) in [6.07, 6.45) is 8.33. The number of anilines is 1. The molecule has 0 radical (unpaired) electrons. The normalized spacial score (nSPS) is 13.9. The average Bonchev–Trinajstić information content (AvgIpc) is 2.85. The number of benzene rings is 2. The minimum absolute atomic E-state index is 0. The molecular formula is C26H32Cl2N4O2. The Labute approximate surface area is 214 Å². The molecule has 1 aromatic heterocycles. The number of nitrogens with one attached hydrogen (secondary N) is 1. The lowest BCUT2D eigenvalue weighted by atomic mass is 10.0. The van der Waals surface area contributed by atoms with E-state index in [0.717, 1.165) is 78.2 Å². The second-order valence-corrected chi connectivity index (χ2v) is 8.14. The molecule has 2 heterocycles. The monoisotopic (exact) mass is 502 g/mol. The quantitative estimate of drug-likeness (QED) is 0.453. The van der Waals surface area contributed by atoms with Crippen molar-refractivity contribution in [3.05, 3.63) is 53.2 Å². The van der Waals surface area contributed by atoms with Crippen molar-refractivity contribution in [3.63, 3.8) is 0 Å². The molecule has 1 aliphatic heterocycles. The van der Waals surface area contributed by atoms with Crippen LogP contribution in [0.15, 0.2) is 36.4 Å². The fraction of sp³-hybridized carbons (Fsp3) is 0.385. The second kappa shape index (κ2) is 12.7. The standard InChI is InChI=1S/C26H30N4O2.2ClH/c1-5-18-7-9-19(10-8-18)17-30-13-11-20(12-14-30)27-26-22-15-21(31-3)16-24(32-4)25(22)23(6-2)28-29-26;;/h1,7-10,15-16,20H,6,11-14,17H2,2-4H3,(H,27,29);2*1H. The first-order chi connectivity index (χ1) is 15.6. The summed E-state index contributed by atoms with van der Waals surface area (Å²) in [5, 5.41) is 14.6. The van der Waals surface area contributed by atoms with Crippen molar-refractivity contribution in [1.82, 2.24) is 15.1 Å². The number of piperidine rings is 1. The van der Waals surface area contributed by atoms with Crippen LogP contribution < -0.4 is 14.8 Å². The van der Waals surface area contributed by atoms with Gasteiger partial charge in [0.05, 0.1) is 25.3 Å². The second-order valence-electron chi connectivity index (χ2n) is 8.14. The molecule has 0 amide bonds. The fourth-order valence-electron chi connectivity index (χ4n) is 4.32. The van der Waals surface area contributed by atoms with Crippen molar-refractivity contribution in [3.8, 4) is 23.8 Å². The van der Waals surface area contributed by atoms with Crippen molar-refractivity contribution in [2.75, 3.05) is 32.6 Å². The minimum atomic E-state index is 0. The maximum Gasteiger partial charge on any atom is 0.157 e. The van der Waals surface area contributed by atoms with Gasteiger partial charge in [0.2, 0.25) is 0 Å². The highest BCUT2D eigenvalue weighted by molar-refractivity contribution is 5.98. The van der Waals surface area contributed by atoms with Gasteiger partial charge in [0, 0.05) is 42.7 Å². The first-order valence-corrected chi connectivity index (χ1v) is 11.1. The van der Waals surface area contributed by atoms with Crippen LogP contribution in [0.5, 0.6) is 11.5 Å². The summed E-state index contributed by atoms with van der Waals surface area (Å²) in [4.78, 5) is 2.49. The number of fused-ring (bicyclic) bond motifs is 1. The van der Waals surface area contributed by atoms with E-state index in [1.165, 1.54) is 5.56 Å². The van der Waals surface area contributed by atoms with Gasteiger partial charge in [-0.2, -0.15) is 5.10 Å². The maximum atomic E-state index is 5.65. The van der Waals surface area contributed by atoms with Crippen LogP contribution in [0.3, 0.4) is 0 Å². The van der Waals surface area contributed by atoms with E-state index in [1.54, 1.807) is 14.2 Å². The molecule has 34 heavy (non-hydrogen) atoms. The lowest BCUT2D eigenvalue weighted by Crippen LogP contribution is -2.38. The number of ether oxygens (including phenoxy) is 2. The van der Waals surface area contributed by atoms with Gasteiger partial charge in [-0.3, -0.25) is 4.90 Å². The van der Waals surface area contributed by atoms with E-state index < -0.39 is 0 Å². The number of rotatable bonds is 7. The van der Waals surface area contributed by atoms with Gasteiger partial charge in [-0.15, -0.1) is 36.3 Å². The van der Waals surface area contributed by atoms with Gasteiger partial charge in [-0.25, -0.2) is 0 Å². The molecule has 0 bridgehead atoms. The van der Waals surface area contributed by atoms with Crippen LogP contribution in [0.4, 0.5) is 5.82 Å². The van der Waals surface area contributed by atoms with Crippen molar-refractivity contribution in [2.45, 2.75) is 38.8 Å². The van der Waals surface area contributed by atoms with Gasteiger partial charge in [0.15, 0.2) is 5.82 Å². The van der Waals surface area contributed by atoms with Crippen molar-refractivity contribution in [2.24, 2.45) is 0 Å². The van der Waals surface area contributed by atoms with Crippen LogP contribution in [0.1, 0.15) is 36.6 Å². The highest BCUT2D eigenvalue weighted by Crippen LogP contribution is 2.36. The zero-order chi connectivity index (χ0) is 22.5. The molecule has 1 aliphatic rings. The Kier molecular flexibility index (Phi) is 10.2. The number of hydrogen-bond acceptors (Lipinski definition) is 6. The van der Waals surface area contributed by atoms with E-state index >= 15 is 0 Å². The summed E-state index contributed by atoms with van der Waals surface area (Å²) in [5.74, 6) is 4.97. The number of terminal acetylenes is 1. The summed E-state index contributed by atoms with van der Waals surface area (Å²) >= 11 is 0. The third-order valence-corrected chi connectivity index (χ3v) is 6.14. The largest absolute Gasteiger partial charge is 0.497 e. The van der Waals surface area contributed by atoms with E-state index in [2.05, 4.69) is 45.4 Å². The van der Waals surface area contributed by atoms with Crippen LogP contribution in [0.2, 0.25) is 0 Å². The molecule has 0 aliphatic carbocycles. The van der Waals surface area contributed by atoms with Crippen LogP contribution in [0, 0.1) is 12.3 Å². The number of halogens is 2. The average molecular weight is 503 g/mol. The molecular weight excluding hydrogens is 471 g/mol. The number of hydrogen-bond donors (Lipinski definition) is 1. The Balaban J connectivity index is 0.00000204. The Bertz CT molecular complexity index is 1120. The smallest absolute Gasteiger partial charge is 0.157 e. The third-order valence-electron chi connectivity index (χ3n) is 6.14. The predicted molar refractivity (Wildman–Crippen MR) is 143 cm³/mol. The number of aryl methyl sites for hydroxylation is 1. The van der Waals surface area contributed by atoms with Gasteiger partial charge in [0.25, 0.3) is 0 Å². The molecule has 2 aromatic carbocycles. The molecule has 4 rings (SSSR count). The molecule has 0 saturated carbocycles. The molecule has 0 spiro atoms. The van der Waals surface area contributed by atoms with E-state index in [-0.39, 0.29) is 24.8 Å². The van der Waals surface area contributed by atoms with Gasteiger partial charge >= 0.3 is 0 Å². The summed E-state index contributed by atoms with van der Waals surface area (Å²) in [7, 11) is 3.34. The van der Waals surface area contributed by atoms with E-state index in [0.29, 0.717) is 6.04 Å². The third kappa shape index (κ3) is 6.04. The maximum absolute atomic E-state index is 5.65. The molecule has 1 N–H and O–H groups in total. The minimum Gasteiger partial charge on any atom is -0.497 e. The Morgan fingerprint density at radius 2 is 1.76 bits per heavy atom. The van der Waals surface area contributed by atoms with Gasteiger partial charge in [-0.1, -0.05) is 25.0 Å². The van der Waals surface area contributed by atoms with Crippen molar-refractivity contribution < 1.29 is 9.47 Å². The molecule has 3 aromatic rings. The highest BCUT2D eigenvalue weighted by atomic mass is 35.5. The Morgan fingerprint density at radius 1 is 1.06 bits per heavy atom. The summed E-state index contributed by atoms with van der Waals surface area (Å²) in [6.45, 7) is 5.08. The van der Waals surface area contributed by atoms with Crippen LogP contribution in [-0.2, 0) is 13.0 Å². The zero-order valence-corrected chi connectivity index (χ0v) is 21.5. The Morgan fingerprint density at radius 3 is 2.35 bits per heavy atom. The lowest BCUT2D eigenvalue weighted by molar-refractivity contribution is 0.211. The zero-order valence-electron chi connectivity index (χ0n) is 19.8. The Hall–Kier alpha value is -2.72. The van der Waals surface area contributed by atoms with Crippen LogP contribution >= 0.6 is 24.8 Å². The van der Waals surface area contributed by atoms with Crippen molar-refractivity contribution in [1.29, 1.82) is 0 Å². The fourth-order valence-corrected chi connectivity index (χ4v) is 4.32. The molecule has 1 saturated heterocycles. The molecule has 8 heteroatoms. The number of nitrogens with zero attached hydrogens (tertiary/aromatic N) is 3. The summed E-state index contributed by atoms with van der Waals surface area (Å²) < 4.78 is 11.1. The van der Waals surface area contributed by atoms with E-state index in [9.17, 15) is 0 Å². The van der Waals surface area contributed by atoms with E-state index in [4.69, 9.17) is 15.9 Å². The first kappa shape index (κ1) is 27.5. The highest BCUT2D eigenvalue weighted by Gasteiger charge is 2.22. The van der Waals surface area contributed by atoms with Gasteiger partial charge in [0.1, 0.15) is 11.5 Å². The molecule has 6 nitrogen and oxygen atoms in total. The topological polar surface area (TPSA) is 59.5 Å². The number of methoxy groups -OCH3 is 2. The van der Waals surface area contributed by atoms with E-state index in [1.807, 2.05) is 24.3 Å². The van der Waals surface area contributed by atoms with Crippen LogP contribution in [-0.4, -0.2) is 48.4 Å². The molecule has 0 atom stereocenters. The number of likely N-dealkylation sites (tertiary alicyclic amines) is 1. The van der Waals surface area contributed by atoms with Crippen molar-refractivity contribution >= 4 is 41.4 Å². The van der Waals surface area contributed by atoms with Gasteiger partial charge in [-0.05, 0) is 43.0 Å². The SMILES string of the molecule is C#Cc1ccc(CN2CCC(Nc3nnc(CC)c4c(OC)cc(OC)cc34)CC2)cc1.Cl.Cl. The number of aromatic nitrogens is 2. The summed E-state index contributed by atoms with van der Waals surface area (Å²) in [6, 6.07) is 12.5. The molecule has 0 unspecified atom stereocenters. The lowest BCUT2D eigenvalue weighted by Gasteiger charge is -2.32. The van der Waals surface area contributed by atoms with Crippen LogP contribution in [0.25, 0.3) is 10.8 Å². The van der Waals surface area contributed by atoms with Gasteiger partial charge < -0.3 is 14.8 Å². The molecule has 182 valence electrons. The molecule has 1 fully saturated rings. The summed E-state index contributed by atoms with van der Waals surface area (Å²) in [5.41, 5.74) is 3.14.